The molecule has 0 saturated carbocycles. The summed E-state index contributed by atoms with van der Waals surface area (Å²) < 4.78 is 40.0. The topological polar surface area (TPSA) is 317 Å². The third kappa shape index (κ3) is 34.0. The summed E-state index contributed by atoms with van der Waals surface area (Å²) in [5.74, 6) is 0. The van der Waals surface area contributed by atoms with E-state index in [1.807, 2.05) is 198 Å². The predicted octanol–water partition coefficient (Wildman–Crippen LogP) is 23.9. The maximum absolute atomic E-state index is 13.3. The molecular formula is C114H158BClN20O8Pt. The van der Waals surface area contributed by atoms with Gasteiger partial charge in [-0.25, -0.2) is 23.9 Å². The van der Waals surface area contributed by atoms with Crippen LogP contribution < -0.4 is 16.0 Å². The Morgan fingerprint density at radius 2 is 0.903 bits per heavy atom. The number of aromatic nitrogens is 16. The van der Waals surface area contributed by atoms with Crippen molar-refractivity contribution in [1.29, 1.82) is 0 Å². The molecule has 3 aliphatic heterocycles. The van der Waals surface area contributed by atoms with Crippen molar-refractivity contribution in [2.24, 2.45) is 0 Å². The number of nitrogens with one attached hydrogen (secondary N) is 2. The number of H-pyrrole nitrogens is 1. The van der Waals surface area contributed by atoms with Crippen LogP contribution in [0, 0.1) is 0 Å². The molecule has 0 radical (unpaired) electrons. The van der Waals surface area contributed by atoms with Gasteiger partial charge in [0, 0.05) is 148 Å². The summed E-state index contributed by atoms with van der Waals surface area (Å²) in [4.78, 5) is 66.2. The quantitative estimate of drug-likeness (QED) is 0.0376. The number of aromatic amines is 1. The molecule has 3 fully saturated rings. The van der Waals surface area contributed by atoms with E-state index in [1.165, 1.54) is 0 Å². The molecule has 2 N–H and O–H groups in total. The van der Waals surface area contributed by atoms with Crippen LogP contribution >= 0.6 is 11.6 Å². The van der Waals surface area contributed by atoms with Gasteiger partial charge in [0.1, 0.15) is 28.3 Å². The summed E-state index contributed by atoms with van der Waals surface area (Å²) in [6.07, 6.45) is 12.6. The molecule has 2 unspecified atom stereocenters. The number of carbonyl (C=O) groups excluding carboxylic acids is 2. The summed E-state index contributed by atoms with van der Waals surface area (Å²) >= 11 is 6.04. The first-order valence-corrected chi connectivity index (χ1v) is 51.0. The SMILES string of the molecule is CC(C)(C)OC(=O)N(Cc1ccccn1)CC(C)(C)c1cccc(-c2cc(C(C)(C)C)nn2C2CCCCO2)n1.CC(C)(C)OC(=O)N(Cc1ccccn1)CC(C)(C)c1cccc(Cl)n1.CC(C)(C)c1cc(-c2cccc(C(C)(C)CNCc3ccccn3)n2)n[nH]1.CC(C)(C)c1cc(-c2cccc(C(C)(C)C[N-]Cc3ccccn3)n2)[n-]n1.CC(C)(C)c1cc(B2OC(C)(C)C(C)(C)O2)n(C2CCCCO2)n1.[Pt+2]. The molecule has 31 heteroatoms. The molecule has 12 aromatic rings. The number of ether oxygens (including phenoxy) is 4. The zero-order chi connectivity index (χ0) is 105. The van der Waals surface area contributed by atoms with Crippen molar-refractivity contribution in [3.05, 3.63) is 273 Å². The van der Waals surface area contributed by atoms with Crippen LogP contribution in [0.5, 0.6) is 0 Å². The van der Waals surface area contributed by atoms with Crippen molar-refractivity contribution >= 4 is 36.5 Å². The first-order valence-electron chi connectivity index (χ1n) is 50.6. The second-order valence-electron chi connectivity index (χ2n) is 47.5. The monoisotopic (exact) mass is 2180 g/mol. The van der Waals surface area contributed by atoms with E-state index in [0.717, 1.165) is 173 Å². The first kappa shape index (κ1) is 116. The van der Waals surface area contributed by atoms with Crippen LogP contribution in [0.3, 0.4) is 0 Å². The molecule has 3 aliphatic rings. The maximum Gasteiger partial charge on any atom is 2.00 e. The van der Waals surface area contributed by atoms with Gasteiger partial charge >= 0.3 is 40.4 Å². The molecule has 2 atom stereocenters. The van der Waals surface area contributed by atoms with E-state index in [0.29, 0.717) is 44.4 Å². The molecule has 782 valence electrons. The van der Waals surface area contributed by atoms with Crippen molar-refractivity contribution in [2.45, 2.75) is 351 Å². The fourth-order valence-corrected chi connectivity index (χ4v) is 16.2. The molecule has 2 amide bonds. The molecular weight excluding hydrogens is 2020 g/mol. The smallest absolute Gasteiger partial charge is 0.656 e. The average Bonchev–Trinajstić information content (AvgIpc) is 1.60. The molecule has 15 rings (SSSR count). The van der Waals surface area contributed by atoms with Gasteiger partial charge in [0.25, 0.3) is 0 Å². The number of hydrogen-bond acceptors (Lipinski definition) is 21. The van der Waals surface area contributed by atoms with Crippen molar-refractivity contribution in [1.82, 2.24) is 94.9 Å². The second-order valence-corrected chi connectivity index (χ2v) is 47.9. The number of hydrogen-bond donors (Lipinski definition) is 2. The van der Waals surface area contributed by atoms with Gasteiger partial charge in [-0.3, -0.25) is 40.0 Å². The molecule has 145 heavy (non-hydrogen) atoms. The average molecular weight is 2180 g/mol. The normalized spacial score (nSPS) is 15.7. The summed E-state index contributed by atoms with van der Waals surface area (Å²) in [6, 6.07) is 55.5. The summed E-state index contributed by atoms with van der Waals surface area (Å²) in [5.41, 5.74) is 14.6. The van der Waals surface area contributed by atoms with Gasteiger partial charge in [-0.05, 0) is 228 Å². The standard InChI is InChI=1S/C32H45N5O3.C22H29N5.C22H27N5.C20H26ClN3O2.C18H31BN2O3.Pt/c1-30(2,3)27-20-25(37(35-27)28-17-10-12-19-39-28)24-15-13-16-26(34-24)32(7,8)22-36(29(38)40-31(4,5)6)21-23-14-9-11-18-33-23;2*1-21(2,3)20-13-18(26-27-20)17-10-8-11-19(25-17)22(4,5)15-23-14-16-9-6-7-12-24-16;1-19(2,3)26-18(25)24(13-15-9-6-7-12-22-15)14-20(4,5)16-10-8-11-17(21)23-16;1-16(2,3)13-12-14(19-23-17(4,5)18(6,7)24-19)21(20-13)15-10-8-9-11-22-15;/h9,11,13-16,18,20,28H,10,12,17,19,21-22H2,1-8H3;6-13,23H,14-15H2,1-5H3,(H,26,27);6-13H,14-15H2,1-5H3;6-12H,13-14H2,1-5H3;12,15H,8-11H2,1-7H3;/q;;-2;;;+2. The molecule has 3 saturated heterocycles. The Kier molecular flexibility index (Phi) is 39.3. The predicted molar refractivity (Wildman–Crippen MR) is 574 cm³/mol. The van der Waals surface area contributed by atoms with Crippen molar-refractivity contribution < 1.29 is 58.9 Å². The fourth-order valence-electron chi connectivity index (χ4n) is 16.1. The summed E-state index contributed by atoms with van der Waals surface area (Å²) in [7, 11) is -0.413. The van der Waals surface area contributed by atoms with Crippen LogP contribution in [0.4, 0.5) is 9.59 Å². The number of pyridine rings is 8. The minimum Gasteiger partial charge on any atom is -0.656 e. The van der Waals surface area contributed by atoms with Gasteiger partial charge in [0.15, 0.2) is 6.23 Å². The van der Waals surface area contributed by atoms with Crippen LogP contribution in [0.15, 0.2) is 195 Å². The van der Waals surface area contributed by atoms with E-state index in [2.05, 4.69) is 239 Å². The zero-order valence-electron chi connectivity index (χ0n) is 91.5. The Balaban J connectivity index is 0.000000188. The van der Waals surface area contributed by atoms with Crippen LogP contribution in [0.1, 0.15) is 327 Å². The maximum atomic E-state index is 13.3. The third-order valence-electron chi connectivity index (χ3n) is 25.3. The van der Waals surface area contributed by atoms with Crippen LogP contribution in [0.2, 0.25) is 5.15 Å². The minimum atomic E-state index is -0.605. The van der Waals surface area contributed by atoms with E-state index in [-0.39, 0.29) is 89.4 Å². The van der Waals surface area contributed by atoms with Gasteiger partial charge in [-0.2, -0.15) is 15.3 Å². The van der Waals surface area contributed by atoms with Crippen LogP contribution in [-0.4, -0.2) is 166 Å². The van der Waals surface area contributed by atoms with E-state index < -0.39 is 29.2 Å². The van der Waals surface area contributed by atoms with Crippen molar-refractivity contribution in [3.8, 4) is 34.2 Å². The third-order valence-corrected chi connectivity index (χ3v) is 25.6. The molecule has 0 spiro atoms. The van der Waals surface area contributed by atoms with Crippen LogP contribution in [-0.2, 0) is 119 Å². The second kappa shape index (κ2) is 49.0. The minimum absolute atomic E-state index is 0. The Labute approximate surface area is 882 Å². The van der Waals surface area contributed by atoms with Gasteiger partial charge in [0.05, 0.1) is 75.4 Å². The zero-order valence-corrected chi connectivity index (χ0v) is 94.6. The summed E-state index contributed by atoms with van der Waals surface area (Å²) in [6.45, 7) is 68.4. The Morgan fingerprint density at radius 3 is 1.36 bits per heavy atom. The Hall–Kier alpha value is -10.6. The summed E-state index contributed by atoms with van der Waals surface area (Å²) in [5, 5.41) is 34.8. The van der Waals surface area contributed by atoms with E-state index in [1.54, 1.807) is 34.5 Å². The number of carbonyl (C=O) groups is 2. The molecule has 0 aliphatic carbocycles. The van der Waals surface area contributed by atoms with E-state index in [4.69, 9.17) is 70.3 Å². The van der Waals surface area contributed by atoms with Crippen molar-refractivity contribution in [3.63, 3.8) is 0 Å². The molecule has 28 nitrogen and oxygen atoms in total. The molecule has 15 heterocycles. The van der Waals surface area contributed by atoms with Crippen LogP contribution in [0.25, 0.3) is 39.5 Å². The number of rotatable bonds is 26. The number of amides is 2. The molecule has 0 aromatic carbocycles. The van der Waals surface area contributed by atoms with E-state index in [9.17, 15) is 9.59 Å². The van der Waals surface area contributed by atoms with Gasteiger partial charge in [-0.1, -0.05) is 210 Å². The van der Waals surface area contributed by atoms with E-state index >= 15 is 0 Å². The largest absolute Gasteiger partial charge is 2.00 e. The van der Waals surface area contributed by atoms with Gasteiger partial charge < -0.3 is 58.9 Å². The molecule has 0 bridgehead atoms. The number of halogens is 1. The molecule has 12 aromatic heterocycles. The van der Waals surface area contributed by atoms with Gasteiger partial charge in [0.2, 0.25) is 0 Å². The number of nitrogens with zero attached hydrogens (tertiary/aromatic N) is 18. The fraction of sp³-hybridized carbons (Fsp3) is 0.526. The van der Waals surface area contributed by atoms with Crippen molar-refractivity contribution in [2.75, 3.05) is 39.4 Å². The Morgan fingerprint density at radius 1 is 0.469 bits per heavy atom. The first-order chi connectivity index (χ1) is 67.3. The van der Waals surface area contributed by atoms with Gasteiger partial charge in [-0.15, -0.1) is 13.1 Å². The Bertz CT molecular complexity index is 5910.